The van der Waals surface area contributed by atoms with Crippen LogP contribution in [-0.2, 0) is 16.1 Å². The molecule has 19 heavy (non-hydrogen) atoms. The molecule has 0 fully saturated rings. The number of rotatable bonds is 9. The first-order chi connectivity index (χ1) is 9.19. The number of methoxy groups -OCH3 is 2. The van der Waals surface area contributed by atoms with Gasteiger partial charge in [-0.25, -0.2) is 9.97 Å². The van der Waals surface area contributed by atoms with Crippen molar-refractivity contribution in [2.75, 3.05) is 37.9 Å². The molecule has 1 rings (SSSR count). The summed E-state index contributed by atoms with van der Waals surface area (Å²) in [4.78, 5) is 8.78. The fraction of sp³-hybridized carbons (Fsp3) is 0.692. The fourth-order valence-corrected chi connectivity index (χ4v) is 1.46. The highest BCUT2D eigenvalue weighted by atomic mass is 16.5. The maximum atomic E-state index is 5.20. The zero-order valence-corrected chi connectivity index (χ0v) is 12.2. The minimum Gasteiger partial charge on any atom is -0.380 e. The van der Waals surface area contributed by atoms with Crippen LogP contribution in [0, 0.1) is 0 Å². The Morgan fingerprint density at radius 2 is 1.89 bits per heavy atom. The van der Waals surface area contributed by atoms with Crippen molar-refractivity contribution in [3.8, 4) is 0 Å². The van der Waals surface area contributed by atoms with Crippen LogP contribution in [0.25, 0.3) is 0 Å². The van der Waals surface area contributed by atoms with E-state index < -0.39 is 0 Å². The van der Waals surface area contributed by atoms with Crippen LogP contribution in [0.3, 0.4) is 0 Å². The molecule has 6 nitrogen and oxygen atoms in total. The van der Waals surface area contributed by atoms with Gasteiger partial charge in [-0.15, -0.1) is 0 Å². The number of anilines is 2. The molecule has 1 aromatic rings. The van der Waals surface area contributed by atoms with Gasteiger partial charge in [-0.2, -0.15) is 0 Å². The van der Waals surface area contributed by atoms with E-state index in [9.17, 15) is 0 Å². The third kappa shape index (κ3) is 5.85. The Kier molecular flexibility index (Phi) is 7.14. The summed E-state index contributed by atoms with van der Waals surface area (Å²) in [5, 5.41) is 6.50. The molecule has 6 heteroatoms. The second-order valence-corrected chi connectivity index (χ2v) is 4.34. The van der Waals surface area contributed by atoms with Crippen LogP contribution in [0.5, 0.6) is 0 Å². The Morgan fingerprint density at radius 1 is 1.21 bits per heavy atom. The summed E-state index contributed by atoms with van der Waals surface area (Å²) < 4.78 is 10.3. The monoisotopic (exact) mass is 268 g/mol. The highest BCUT2D eigenvalue weighted by molar-refractivity contribution is 5.47. The summed E-state index contributed by atoms with van der Waals surface area (Å²) in [6.07, 6.45) is 1.18. The van der Waals surface area contributed by atoms with E-state index in [1.165, 1.54) is 0 Å². The molecular weight excluding hydrogens is 244 g/mol. The molecular formula is C13H24N4O2. The molecule has 1 aromatic heterocycles. The predicted molar refractivity (Wildman–Crippen MR) is 76.5 cm³/mol. The average Bonchev–Trinajstić information content (AvgIpc) is 2.42. The molecule has 0 aliphatic carbocycles. The number of hydrogen-bond acceptors (Lipinski definition) is 6. The van der Waals surface area contributed by atoms with Crippen LogP contribution in [0.1, 0.15) is 26.1 Å². The van der Waals surface area contributed by atoms with E-state index in [0.717, 1.165) is 24.6 Å². The lowest BCUT2D eigenvalue weighted by atomic mass is 10.4. The molecule has 1 unspecified atom stereocenters. The van der Waals surface area contributed by atoms with Crippen LogP contribution in [-0.4, -0.2) is 43.4 Å². The summed E-state index contributed by atoms with van der Waals surface area (Å²) in [6, 6.07) is 1.90. The standard InChI is InChI=1S/C13H24N4O2/c1-5-6-14-11-7-12(15-8-10(2)19-4)17-13(16-11)9-18-3/h7,10H,5-6,8-9H2,1-4H3,(H2,14,15,16,17). The van der Waals surface area contributed by atoms with Gasteiger partial charge in [0.25, 0.3) is 0 Å². The van der Waals surface area contributed by atoms with Crippen LogP contribution < -0.4 is 10.6 Å². The van der Waals surface area contributed by atoms with Crippen molar-refractivity contribution < 1.29 is 9.47 Å². The van der Waals surface area contributed by atoms with Crippen LogP contribution >= 0.6 is 0 Å². The van der Waals surface area contributed by atoms with Gasteiger partial charge in [0.15, 0.2) is 5.82 Å². The Balaban J connectivity index is 2.73. The van der Waals surface area contributed by atoms with Crippen molar-refractivity contribution in [3.63, 3.8) is 0 Å². The number of nitrogens with one attached hydrogen (secondary N) is 2. The van der Waals surface area contributed by atoms with Crippen LogP contribution in [0.2, 0.25) is 0 Å². The van der Waals surface area contributed by atoms with E-state index in [-0.39, 0.29) is 6.10 Å². The van der Waals surface area contributed by atoms with Crippen molar-refractivity contribution in [1.29, 1.82) is 0 Å². The fourth-order valence-electron chi connectivity index (χ4n) is 1.46. The van der Waals surface area contributed by atoms with Crippen molar-refractivity contribution in [2.45, 2.75) is 33.0 Å². The molecule has 0 spiro atoms. The van der Waals surface area contributed by atoms with Crippen LogP contribution in [0.15, 0.2) is 6.07 Å². The summed E-state index contributed by atoms with van der Waals surface area (Å²) in [7, 11) is 3.33. The van der Waals surface area contributed by atoms with Gasteiger partial charge in [0.2, 0.25) is 0 Å². The largest absolute Gasteiger partial charge is 0.380 e. The zero-order chi connectivity index (χ0) is 14.1. The van der Waals surface area contributed by atoms with Gasteiger partial charge in [0.1, 0.15) is 18.2 Å². The van der Waals surface area contributed by atoms with E-state index in [1.54, 1.807) is 14.2 Å². The summed E-state index contributed by atoms with van der Waals surface area (Å²) >= 11 is 0. The molecule has 0 aliphatic heterocycles. The second kappa shape index (κ2) is 8.66. The second-order valence-electron chi connectivity index (χ2n) is 4.34. The number of nitrogens with zero attached hydrogens (tertiary/aromatic N) is 2. The Hall–Kier alpha value is -1.40. The number of ether oxygens (including phenoxy) is 2. The first kappa shape index (κ1) is 15.7. The van der Waals surface area contributed by atoms with Gasteiger partial charge in [-0.1, -0.05) is 6.92 Å². The SMILES string of the molecule is CCCNc1cc(NCC(C)OC)nc(COC)n1. The molecule has 0 aliphatic rings. The maximum absolute atomic E-state index is 5.20. The maximum Gasteiger partial charge on any atom is 0.158 e. The minimum absolute atomic E-state index is 0.132. The van der Waals surface area contributed by atoms with Gasteiger partial charge in [-0.05, 0) is 13.3 Å². The number of hydrogen-bond donors (Lipinski definition) is 2. The van der Waals surface area contributed by atoms with Crippen LogP contribution in [0.4, 0.5) is 11.6 Å². The summed E-state index contributed by atoms with van der Waals surface area (Å²) in [6.45, 7) is 6.10. The van der Waals surface area contributed by atoms with E-state index in [4.69, 9.17) is 9.47 Å². The average molecular weight is 268 g/mol. The highest BCUT2D eigenvalue weighted by Gasteiger charge is 2.06. The summed E-state index contributed by atoms with van der Waals surface area (Å²) in [5.41, 5.74) is 0. The van der Waals surface area contributed by atoms with E-state index in [0.29, 0.717) is 19.0 Å². The normalized spacial score (nSPS) is 12.2. The Bertz CT molecular complexity index is 374. The van der Waals surface area contributed by atoms with E-state index >= 15 is 0 Å². The minimum atomic E-state index is 0.132. The Morgan fingerprint density at radius 3 is 2.47 bits per heavy atom. The predicted octanol–water partition coefficient (Wildman–Crippen LogP) is 1.89. The van der Waals surface area contributed by atoms with Gasteiger partial charge in [0.05, 0.1) is 6.10 Å². The highest BCUT2D eigenvalue weighted by Crippen LogP contribution is 2.12. The van der Waals surface area contributed by atoms with Gasteiger partial charge < -0.3 is 20.1 Å². The third-order valence-corrected chi connectivity index (χ3v) is 2.58. The summed E-state index contributed by atoms with van der Waals surface area (Å²) in [5.74, 6) is 2.26. The lowest BCUT2D eigenvalue weighted by Crippen LogP contribution is -2.19. The molecule has 2 N–H and O–H groups in total. The molecule has 1 atom stereocenters. The number of aromatic nitrogens is 2. The lowest BCUT2D eigenvalue weighted by molar-refractivity contribution is 0.128. The Labute approximate surface area is 114 Å². The molecule has 1 heterocycles. The van der Waals surface area contributed by atoms with E-state index in [1.807, 2.05) is 13.0 Å². The lowest BCUT2D eigenvalue weighted by Gasteiger charge is -2.13. The molecule has 0 bridgehead atoms. The third-order valence-electron chi connectivity index (χ3n) is 2.58. The quantitative estimate of drug-likeness (QED) is 0.713. The molecule has 0 aromatic carbocycles. The van der Waals surface area contributed by atoms with Gasteiger partial charge in [0, 0.05) is 33.4 Å². The first-order valence-electron chi connectivity index (χ1n) is 6.57. The molecule has 108 valence electrons. The van der Waals surface area contributed by atoms with Crippen molar-refractivity contribution in [2.24, 2.45) is 0 Å². The van der Waals surface area contributed by atoms with Crippen molar-refractivity contribution in [1.82, 2.24) is 9.97 Å². The first-order valence-corrected chi connectivity index (χ1v) is 6.57. The molecule has 0 saturated carbocycles. The topological polar surface area (TPSA) is 68.3 Å². The van der Waals surface area contributed by atoms with Gasteiger partial charge in [-0.3, -0.25) is 0 Å². The smallest absolute Gasteiger partial charge is 0.158 e. The zero-order valence-electron chi connectivity index (χ0n) is 12.2. The molecule has 0 saturated heterocycles. The molecule has 0 amide bonds. The van der Waals surface area contributed by atoms with Gasteiger partial charge >= 0.3 is 0 Å². The van der Waals surface area contributed by atoms with E-state index in [2.05, 4.69) is 27.5 Å². The van der Waals surface area contributed by atoms with Crippen molar-refractivity contribution >= 4 is 11.6 Å². The molecule has 0 radical (unpaired) electrons. The van der Waals surface area contributed by atoms with Crippen molar-refractivity contribution in [3.05, 3.63) is 11.9 Å².